The minimum Gasteiger partial charge on any atom is -0.490 e. The lowest BCUT2D eigenvalue weighted by Gasteiger charge is -2.24. The second-order valence-corrected chi connectivity index (χ2v) is 21.4. The first-order valence-electron chi connectivity index (χ1n) is 30.9. The van der Waals surface area contributed by atoms with E-state index in [1.54, 1.807) is 0 Å². The number of nitrogens with one attached hydrogen (secondary N) is 2. The number of β-amino-alcohol motifs (C(OH)–C–C–N with tert-alkyl or cyclic N) is 1. The maximum Gasteiger partial charge on any atom is 0.258 e. The van der Waals surface area contributed by atoms with Gasteiger partial charge in [0.25, 0.3) is 17.7 Å². The summed E-state index contributed by atoms with van der Waals surface area (Å²) in [6.07, 6.45) is 5.88. The van der Waals surface area contributed by atoms with Gasteiger partial charge in [0.2, 0.25) is 17.5 Å². The Morgan fingerprint density at radius 3 is 1.54 bits per heavy atom. The van der Waals surface area contributed by atoms with Crippen LogP contribution in [0.15, 0.2) is 129 Å². The summed E-state index contributed by atoms with van der Waals surface area (Å²) < 4.78 is 50.7. The number of ether oxygens (including phenoxy) is 6. The van der Waals surface area contributed by atoms with E-state index in [1.165, 1.54) is 11.1 Å². The number of H-pyrrole nitrogens is 1. The average Bonchev–Trinajstić information content (AvgIpc) is 1.79. The highest BCUT2D eigenvalue weighted by molar-refractivity contribution is 6.02. The predicted molar refractivity (Wildman–Crippen MR) is 339 cm³/mol. The highest BCUT2D eigenvalue weighted by Gasteiger charge is 2.34. The van der Waals surface area contributed by atoms with Gasteiger partial charge in [-0.15, -0.1) is 0 Å². The van der Waals surface area contributed by atoms with E-state index in [9.17, 15) is 9.90 Å². The van der Waals surface area contributed by atoms with E-state index in [2.05, 4.69) is 58.8 Å². The molecule has 468 valence electrons. The van der Waals surface area contributed by atoms with Crippen LogP contribution in [0.4, 0.5) is 0 Å². The Labute approximate surface area is 521 Å². The van der Waals surface area contributed by atoms with E-state index in [-0.39, 0.29) is 18.5 Å². The van der Waals surface area contributed by atoms with Crippen LogP contribution in [0.1, 0.15) is 99.5 Å². The lowest BCUT2D eigenvalue weighted by molar-refractivity contribution is 0.0994. The number of fused-ring (bicyclic) bond motifs is 3. The topological polar surface area (TPSA) is 261 Å². The monoisotopic (exact) mass is 1220 g/mol. The summed E-state index contributed by atoms with van der Waals surface area (Å²) in [5.74, 6) is 7.07. The van der Waals surface area contributed by atoms with Crippen molar-refractivity contribution in [1.82, 2.24) is 45.6 Å². The number of aliphatic hydroxyl groups is 2. The van der Waals surface area contributed by atoms with Crippen LogP contribution >= 0.6 is 0 Å². The van der Waals surface area contributed by atoms with Crippen LogP contribution in [0.2, 0.25) is 0 Å². The molecule has 0 amide bonds. The van der Waals surface area contributed by atoms with Crippen LogP contribution in [0.3, 0.4) is 0 Å². The molecule has 21 heteroatoms. The second kappa shape index (κ2) is 29.3. The first-order valence-corrected chi connectivity index (χ1v) is 30.9. The molecule has 21 nitrogen and oxygen atoms in total. The standard InChI is InChI=1S/C25H29N3O4.C23H26N4O4.C21H20N2O4/c1-3-30-22-11-8-16(14-23(22)31-4-2)25-26-24(27-32-25)20-7-5-6-19-18(20)9-10-21(19)28-13-12-17(29)15-28;1-3-29-19-9-8-15(12-20(19)30-4-2)23-26-22(27-31-23)17-6-5-7-18-21(17)16(14-25-18)13-24-10-11-28;1-3-25-18-11-8-13(12-19(18)26-4-2)21-22-20(23-27-21)16-7-5-6-15-14(16)9-10-17(15)24/h5-8,11,14,17,21,29H,3-4,9-10,12-13,15H2,1-2H3;5-9,12,14,24-25,28H,3-4,10-11,13H2,1-2H3;5-8,11-12H,3-4,9-10H2,1-2H3/t17-,21?;;/m1../s1. The number of Topliss-reactive ketones (excluding diaryl/α,β-unsaturated/α-hetero) is 1. The summed E-state index contributed by atoms with van der Waals surface area (Å²) in [6.45, 7) is 17.8. The molecule has 4 aromatic heterocycles. The third-order valence-electron chi connectivity index (χ3n) is 15.7. The van der Waals surface area contributed by atoms with Crippen molar-refractivity contribution in [2.75, 3.05) is 65.9 Å². The molecule has 10 aromatic rings. The van der Waals surface area contributed by atoms with Gasteiger partial charge in [0, 0.05) is 94.7 Å². The molecule has 3 aliphatic rings. The van der Waals surface area contributed by atoms with Crippen molar-refractivity contribution in [1.29, 1.82) is 0 Å². The summed E-state index contributed by atoms with van der Waals surface area (Å²) in [6, 6.07) is 35.1. The number of likely N-dealkylation sites (tertiary alicyclic amines) is 1. The van der Waals surface area contributed by atoms with Crippen LogP contribution in [0.25, 0.3) is 79.4 Å². The van der Waals surface area contributed by atoms with Gasteiger partial charge >= 0.3 is 0 Å². The summed E-state index contributed by atoms with van der Waals surface area (Å²) in [7, 11) is 0. The molecule has 0 saturated carbocycles. The quantitative estimate of drug-likeness (QED) is 0.0434. The third kappa shape index (κ3) is 13.7. The molecule has 6 aromatic carbocycles. The lowest BCUT2D eigenvalue weighted by Crippen LogP contribution is -2.26. The molecule has 0 radical (unpaired) electrons. The zero-order valence-corrected chi connectivity index (χ0v) is 51.5. The third-order valence-corrected chi connectivity index (χ3v) is 15.7. The van der Waals surface area contributed by atoms with Crippen molar-refractivity contribution in [3.8, 4) is 103 Å². The average molecular weight is 1220 g/mol. The first-order chi connectivity index (χ1) is 44.1. The molecule has 1 saturated heterocycles. The molecule has 2 aliphatic carbocycles. The number of hydrogen-bond acceptors (Lipinski definition) is 20. The maximum absolute atomic E-state index is 12.0. The highest BCUT2D eigenvalue weighted by atomic mass is 16.5. The molecule has 13 rings (SSSR count). The number of aliphatic hydroxyl groups excluding tert-OH is 2. The number of ketones is 1. The van der Waals surface area contributed by atoms with Crippen LogP contribution in [-0.2, 0) is 19.4 Å². The van der Waals surface area contributed by atoms with Gasteiger partial charge in [0.1, 0.15) is 0 Å². The molecule has 4 N–H and O–H groups in total. The fourth-order valence-electron chi connectivity index (χ4n) is 11.8. The molecule has 0 spiro atoms. The molecule has 0 bridgehead atoms. The Morgan fingerprint density at radius 2 is 1.03 bits per heavy atom. The van der Waals surface area contributed by atoms with E-state index < -0.39 is 0 Å². The number of benzene rings is 6. The number of aromatic nitrogens is 7. The van der Waals surface area contributed by atoms with E-state index in [4.69, 9.17) is 52.1 Å². The molecule has 2 atom stereocenters. The maximum atomic E-state index is 12.0. The fraction of sp³-hybridized carbons (Fsp3) is 0.348. The van der Waals surface area contributed by atoms with Crippen LogP contribution in [0.5, 0.6) is 34.5 Å². The summed E-state index contributed by atoms with van der Waals surface area (Å²) >= 11 is 0. The molecule has 5 heterocycles. The summed E-state index contributed by atoms with van der Waals surface area (Å²) in [4.78, 5) is 31.6. The van der Waals surface area contributed by atoms with Gasteiger partial charge in [-0.2, -0.15) is 15.0 Å². The number of hydrogen-bond donors (Lipinski definition) is 4. The number of carbonyl (C=O) groups excluding carboxylic acids is 1. The van der Waals surface area contributed by atoms with Crippen LogP contribution < -0.4 is 33.7 Å². The molecule has 90 heavy (non-hydrogen) atoms. The Kier molecular flexibility index (Phi) is 20.2. The van der Waals surface area contributed by atoms with Crippen LogP contribution in [0, 0.1) is 0 Å². The number of rotatable bonds is 23. The zero-order valence-electron chi connectivity index (χ0n) is 51.5. The predicted octanol–water partition coefficient (Wildman–Crippen LogP) is 12.3. The zero-order chi connectivity index (χ0) is 62.5. The minimum atomic E-state index is -0.210. The molecule has 1 unspecified atom stereocenters. The first kappa shape index (κ1) is 62.2. The van der Waals surface area contributed by atoms with Crippen molar-refractivity contribution in [3.63, 3.8) is 0 Å². The Balaban J connectivity index is 0.000000139. The molecule has 1 aliphatic heterocycles. The van der Waals surface area contributed by atoms with Crippen molar-refractivity contribution in [2.24, 2.45) is 0 Å². The Bertz CT molecular complexity index is 4060. The van der Waals surface area contributed by atoms with E-state index in [1.807, 2.05) is 139 Å². The van der Waals surface area contributed by atoms with Crippen molar-refractivity contribution < 1.29 is 57.0 Å². The van der Waals surface area contributed by atoms with Gasteiger partial charge < -0.3 is 62.5 Å². The van der Waals surface area contributed by atoms with Gasteiger partial charge in [-0.1, -0.05) is 64.0 Å². The fourth-order valence-corrected chi connectivity index (χ4v) is 11.8. The van der Waals surface area contributed by atoms with Gasteiger partial charge in [0.15, 0.2) is 40.3 Å². The van der Waals surface area contributed by atoms with Gasteiger partial charge in [-0.25, -0.2) is 0 Å². The second-order valence-electron chi connectivity index (χ2n) is 21.4. The normalized spacial score (nSPS) is 15.0. The minimum absolute atomic E-state index is 0.0925. The van der Waals surface area contributed by atoms with E-state index >= 15 is 0 Å². The van der Waals surface area contributed by atoms with Gasteiger partial charge in [-0.05, 0) is 150 Å². The number of nitrogens with zero attached hydrogens (tertiary/aromatic N) is 7. The van der Waals surface area contributed by atoms with Gasteiger partial charge in [0.05, 0.1) is 52.4 Å². The van der Waals surface area contributed by atoms with E-state index in [0.717, 1.165) is 93.3 Å². The Morgan fingerprint density at radius 1 is 0.556 bits per heavy atom. The molecule has 1 fully saturated rings. The molecular formula is C69H75N9O12. The number of carbonyl (C=O) groups is 1. The summed E-state index contributed by atoms with van der Waals surface area (Å²) in [5, 5.41) is 35.9. The van der Waals surface area contributed by atoms with Crippen LogP contribution in [-0.4, -0.2) is 128 Å². The Hall–Kier alpha value is -9.41. The smallest absolute Gasteiger partial charge is 0.258 e. The van der Waals surface area contributed by atoms with Crippen molar-refractivity contribution in [3.05, 3.63) is 143 Å². The van der Waals surface area contributed by atoms with E-state index in [0.29, 0.717) is 141 Å². The number of aromatic amines is 1. The van der Waals surface area contributed by atoms with Crippen molar-refractivity contribution in [2.45, 2.75) is 92.3 Å². The summed E-state index contributed by atoms with van der Waals surface area (Å²) in [5.41, 5.74) is 11.5. The van der Waals surface area contributed by atoms with Gasteiger partial charge in [-0.3, -0.25) is 9.69 Å². The molecular weight excluding hydrogens is 1150 g/mol. The largest absolute Gasteiger partial charge is 0.490 e. The lowest BCUT2D eigenvalue weighted by atomic mass is 10.0. The highest BCUT2D eigenvalue weighted by Crippen LogP contribution is 2.43. The van der Waals surface area contributed by atoms with Crippen molar-refractivity contribution >= 4 is 16.7 Å². The SMILES string of the molecule is CCOc1ccc(-c2nc(-c3cccc4[nH]cc(CNCCO)c34)no2)cc1OCC.CCOc1ccc(-c2nc(-c3cccc4c3CCC4=O)no2)cc1OCC.CCOc1ccc(-c2nc(-c3cccc4c3CCC4N3CC[C@@H](O)C3)no2)cc1OCC.